The van der Waals surface area contributed by atoms with E-state index in [1.807, 2.05) is 18.2 Å². The van der Waals surface area contributed by atoms with E-state index in [1.54, 1.807) is 18.4 Å². The molecule has 0 unspecified atom stereocenters. The SMILES string of the molecule is COc1ccc(-n2cc(-c3cccs3)c3cc(Cl)ccc32)cc1Br. The minimum Gasteiger partial charge on any atom is -0.496 e. The molecule has 4 rings (SSSR count). The molecule has 0 radical (unpaired) electrons. The number of aromatic nitrogens is 1. The maximum Gasteiger partial charge on any atom is 0.133 e. The fourth-order valence-corrected chi connectivity index (χ4v) is 4.30. The number of ether oxygens (including phenoxy) is 1. The first-order chi connectivity index (χ1) is 11.7. The first kappa shape index (κ1) is 15.8. The molecule has 24 heavy (non-hydrogen) atoms. The van der Waals surface area contributed by atoms with Crippen LogP contribution in [0, 0.1) is 0 Å². The first-order valence-electron chi connectivity index (χ1n) is 7.36. The van der Waals surface area contributed by atoms with E-state index in [1.165, 1.54) is 10.4 Å². The van der Waals surface area contributed by atoms with E-state index in [2.05, 4.69) is 62.4 Å². The van der Waals surface area contributed by atoms with Crippen LogP contribution >= 0.6 is 38.9 Å². The molecule has 0 aliphatic rings. The molecule has 0 bridgehead atoms. The van der Waals surface area contributed by atoms with Gasteiger partial charge in [0.2, 0.25) is 0 Å². The molecule has 0 atom stereocenters. The number of hydrogen-bond acceptors (Lipinski definition) is 2. The van der Waals surface area contributed by atoms with Crippen LogP contribution in [-0.4, -0.2) is 11.7 Å². The van der Waals surface area contributed by atoms with Crippen molar-refractivity contribution in [3.05, 3.63) is 69.6 Å². The molecule has 0 saturated carbocycles. The Morgan fingerprint density at radius 1 is 1.12 bits per heavy atom. The van der Waals surface area contributed by atoms with Crippen molar-refractivity contribution in [2.45, 2.75) is 0 Å². The van der Waals surface area contributed by atoms with Crippen molar-refractivity contribution >= 4 is 49.8 Å². The summed E-state index contributed by atoms with van der Waals surface area (Å²) in [5.74, 6) is 0.816. The molecule has 5 heteroatoms. The maximum atomic E-state index is 6.24. The number of methoxy groups -OCH3 is 1. The summed E-state index contributed by atoms with van der Waals surface area (Å²) in [6.45, 7) is 0. The summed E-state index contributed by atoms with van der Waals surface area (Å²) in [7, 11) is 1.67. The van der Waals surface area contributed by atoms with Crippen molar-refractivity contribution in [3.8, 4) is 21.9 Å². The van der Waals surface area contributed by atoms with Crippen LogP contribution < -0.4 is 4.74 Å². The van der Waals surface area contributed by atoms with Gasteiger partial charge in [0.25, 0.3) is 0 Å². The zero-order valence-corrected chi connectivity index (χ0v) is 16.0. The Balaban J connectivity index is 1.98. The van der Waals surface area contributed by atoms with Crippen LogP contribution in [0.4, 0.5) is 0 Å². The van der Waals surface area contributed by atoms with E-state index < -0.39 is 0 Å². The van der Waals surface area contributed by atoms with Gasteiger partial charge in [-0.15, -0.1) is 11.3 Å². The van der Waals surface area contributed by atoms with Crippen molar-refractivity contribution in [1.82, 2.24) is 4.57 Å². The lowest BCUT2D eigenvalue weighted by molar-refractivity contribution is 0.412. The van der Waals surface area contributed by atoms with E-state index >= 15 is 0 Å². The zero-order valence-electron chi connectivity index (χ0n) is 12.8. The third kappa shape index (κ3) is 2.65. The summed E-state index contributed by atoms with van der Waals surface area (Å²) >= 11 is 11.5. The van der Waals surface area contributed by atoms with Crippen LogP contribution in [0.2, 0.25) is 5.02 Å². The van der Waals surface area contributed by atoms with Crippen molar-refractivity contribution in [2.24, 2.45) is 0 Å². The largest absolute Gasteiger partial charge is 0.496 e. The summed E-state index contributed by atoms with van der Waals surface area (Å²) in [5.41, 5.74) is 3.38. The third-order valence-corrected chi connectivity index (χ3v) is 5.72. The van der Waals surface area contributed by atoms with Crippen molar-refractivity contribution < 1.29 is 4.74 Å². The second-order valence-electron chi connectivity index (χ2n) is 5.37. The van der Waals surface area contributed by atoms with Crippen LogP contribution in [0.1, 0.15) is 0 Å². The predicted octanol–water partition coefficient (Wildman–Crippen LogP) is 6.78. The van der Waals surface area contributed by atoms with Gasteiger partial charge in [0.1, 0.15) is 5.75 Å². The number of benzene rings is 2. The minimum absolute atomic E-state index is 0.744. The molecule has 0 aliphatic carbocycles. The Morgan fingerprint density at radius 2 is 2.00 bits per heavy atom. The fourth-order valence-electron chi connectivity index (χ4n) is 2.85. The monoisotopic (exact) mass is 417 g/mol. The average Bonchev–Trinajstić information content (AvgIpc) is 3.21. The Kier molecular flexibility index (Phi) is 4.12. The molecule has 2 heterocycles. The molecule has 2 nitrogen and oxygen atoms in total. The Morgan fingerprint density at radius 3 is 2.71 bits per heavy atom. The van der Waals surface area contributed by atoms with Gasteiger partial charge >= 0.3 is 0 Å². The second-order valence-corrected chi connectivity index (χ2v) is 7.61. The van der Waals surface area contributed by atoms with Gasteiger partial charge < -0.3 is 9.30 Å². The van der Waals surface area contributed by atoms with Crippen LogP contribution in [0.5, 0.6) is 5.75 Å². The van der Waals surface area contributed by atoms with E-state index in [9.17, 15) is 0 Å². The Bertz CT molecular complexity index is 1020. The molecule has 0 spiro atoms. The number of rotatable bonds is 3. The lowest BCUT2D eigenvalue weighted by Crippen LogP contribution is -1.93. The van der Waals surface area contributed by atoms with Gasteiger partial charge in [-0.05, 0) is 63.8 Å². The zero-order chi connectivity index (χ0) is 16.7. The summed E-state index contributed by atoms with van der Waals surface area (Å²) < 4.78 is 8.44. The molecule has 0 saturated heterocycles. The number of hydrogen-bond donors (Lipinski definition) is 0. The predicted molar refractivity (Wildman–Crippen MR) is 106 cm³/mol. The van der Waals surface area contributed by atoms with E-state index in [0.717, 1.165) is 31.8 Å². The molecule has 0 N–H and O–H groups in total. The van der Waals surface area contributed by atoms with Crippen molar-refractivity contribution in [3.63, 3.8) is 0 Å². The molecular formula is C19H13BrClNOS. The standard InChI is InChI=1S/C19H13BrClNOS/c1-23-18-7-5-13(10-16(18)20)22-11-15(19-3-2-8-24-19)14-9-12(21)4-6-17(14)22/h2-11H,1H3. The quantitative estimate of drug-likeness (QED) is 0.357. The molecule has 2 aromatic carbocycles. The second kappa shape index (κ2) is 6.28. The van der Waals surface area contributed by atoms with E-state index in [-0.39, 0.29) is 0 Å². The average molecular weight is 419 g/mol. The highest BCUT2D eigenvalue weighted by Crippen LogP contribution is 2.37. The summed E-state index contributed by atoms with van der Waals surface area (Å²) in [5, 5.41) is 3.98. The minimum atomic E-state index is 0.744. The molecule has 2 aromatic heterocycles. The van der Waals surface area contributed by atoms with Gasteiger partial charge in [0.15, 0.2) is 0 Å². The van der Waals surface area contributed by atoms with E-state index in [0.29, 0.717) is 0 Å². The lowest BCUT2D eigenvalue weighted by atomic mass is 10.1. The molecule has 120 valence electrons. The van der Waals surface area contributed by atoms with Gasteiger partial charge in [-0.2, -0.15) is 0 Å². The molecule has 0 aliphatic heterocycles. The highest BCUT2D eigenvalue weighted by Gasteiger charge is 2.13. The Hall–Kier alpha value is -1.75. The third-order valence-electron chi connectivity index (χ3n) is 3.97. The topological polar surface area (TPSA) is 14.2 Å². The van der Waals surface area contributed by atoms with Gasteiger partial charge in [0.05, 0.1) is 17.1 Å². The van der Waals surface area contributed by atoms with Gasteiger partial charge in [0, 0.05) is 32.7 Å². The number of nitrogens with zero attached hydrogens (tertiary/aromatic N) is 1. The summed E-state index contributed by atoms with van der Waals surface area (Å²) in [4.78, 5) is 1.23. The van der Waals surface area contributed by atoms with Crippen LogP contribution in [0.15, 0.2) is 64.6 Å². The molecule has 4 aromatic rings. The first-order valence-corrected chi connectivity index (χ1v) is 9.41. The smallest absolute Gasteiger partial charge is 0.133 e. The van der Waals surface area contributed by atoms with Crippen molar-refractivity contribution in [2.75, 3.05) is 7.11 Å². The highest BCUT2D eigenvalue weighted by atomic mass is 79.9. The fraction of sp³-hybridized carbons (Fsp3) is 0.0526. The van der Waals surface area contributed by atoms with Gasteiger partial charge in [-0.25, -0.2) is 0 Å². The molecule has 0 amide bonds. The van der Waals surface area contributed by atoms with Gasteiger partial charge in [-0.1, -0.05) is 17.7 Å². The molecular weight excluding hydrogens is 406 g/mol. The van der Waals surface area contributed by atoms with Gasteiger partial charge in [-0.3, -0.25) is 0 Å². The lowest BCUT2D eigenvalue weighted by Gasteiger charge is -2.09. The highest BCUT2D eigenvalue weighted by molar-refractivity contribution is 9.10. The van der Waals surface area contributed by atoms with Crippen LogP contribution in [-0.2, 0) is 0 Å². The molecule has 0 fully saturated rings. The normalized spacial score (nSPS) is 11.1. The number of thiophene rings is 1. The Labute approximate surface area is 157 Å². The summed E-state index contributed by atoms with van der Waals surface area (Å²) in [6.07, 6.45) is 2.17. The maximum absolute atomic E-state index is 6.24. The van der Waals surface area contributed by atoms with E-state index in [4.69, 9.17) is 16.3 Å². The summed E-state index contributed by atoms with van der Waals surface area (Å²) in [6, 6.07) is 16.3. The number of halogens is 2. The van der Waals surface area contributed by atoms with Crippen LogP contribution in [0.3, 0.4) is 0 Å². The number of fused-ring (bicyclic) bond motifs is 1. The van der Waals surface area contributed by atoms with Crippen LogP contribution in [0.25, 0.3) is 27.0 Å². The van der Waals surface area contributed by atoms with Crippen molar-refractivity contribution in [1.29, 1.82) is 0 Å².